The van der Waals surface area contributed by atoms with Crippen LogP contribution in [0.15, 0.2) is 30.3 Å². The van der Waals surface area contributed by atoms with Gasteiger partial charge in [0.15, 0.2) is 0 Å². The number of nitrogens with one attached hydrogen (secondary N) is 2. The van der Waals surface area contributed by atoms with Crippen LogP contribution in [0.25, 0.3) is 10.4 Å². The number of rotatable bonds is 5. The molecule has 2 aromatic rings. The van der Waals surface area contributed by atoms with Gasteiger partial charge >= 0.3 is 0 Å². The first-order valence-electron chi connectivity index (χ1n) is 7.91. The van der Waals surface area contributed by atoms with Gasteiger partial charge in [-0.3, -0.25) is 4.79 Å². The Bertz CT molecular complexity index is 683. The molecule has 1 atom stereocenters. The molecular formula is C18H23ClN2OS. The number of aryl methyl sites for hydroxylation is 2. The lowest BCUT2D eigenvalue weighted by atomic mass is 9.91. The van der Waals surface area contributed by atoms with Crippen molar-refractivity contribution in [2.24, 2.45) is 0 Å². The predicted molar refractivity (Wildman–Crippen MR) is 99.9 cm³/mol. The number of carbonyl (C=O) groups excluding carboxylic acids is 1. The van der Waals surface area contributed by atoms with Crippen molar-refractivity contribution in [3.63, 3.8) is 0 Å². The molecule has 3 rings (SSSR count). The lowest BCUT2D eigenvalue weighted by Crippen LogP contribution is -2.38. The van der Waals surface area contributed by atoms with E-state index in [1.54, 1.807) is 11.3 Å². The third kappa shape index (κ3) is 3.94. The molecule has 1 amide bonds. The average molecular weight is 351 g/mol. The molecule has 1 aliphatic rings. The molecule has 0 unspecified atom stereocenters. The van der Waals surface area contributed by atoms with Gasteiger partial charge in [-0.15, -0.1) is 23.7 Å². The lowest BCUT2D eigenvalue weighted by molar-refractivity contribution is 0.0954. The van der Waals surface area contributed by atoms with Gasteiger partial charge in [-0.25, -0.2) is 0 Å². The first-order chi connectivity index (χ1) is 10.7. The summed E-state index contributed by atoms with van der Waals surface area (Å²) in [5.74, 6) is 0.0432. The van der Waals surface area contributed by atoms with Crippen LogP contribution in [0.2, 0.25) is 0 Å². The number of amides is 1. The first-order valence-corrected chi connectivity index (χ1v) is 8.73. The molecule has 0 spiro atoms. The van der Waals surface area contributed by atoms with Crippen LogP contribution in [-0.2, 0) is 12.8 Å². The summed E-state index contributed by atoms with van der Waals surface area (Å²) in [5.41, 5.74) is 4.01. The monoisotopic (exact) mass is 350 g/mol. The second-order valence-electron chi connectivity index (χ2n) is 5.79. The Balaban J connectivity index is 0.00000192. The first kappa shape index (κ1) is 18.0. The maximum atomic E-state index is 12.4. The molecule has 0 radical (unpaired) electrons. The van der Waals surface area contributed by atoms with Crippen LogP contribution in [0.5, 0.6) is 0 Å². The summed E-state index contributed by atoms with van der Waals surface area (Å²) in [6.45, 7) is 5.73. The van der Waals surface area contributed by atoms with E-state index in [-0.39, 0.29) is 18.3 Å². The summed E-state index contributed by atoms with van der Waals surface area (Å²) in [6.07, 6.45) is 2.10. The highest BCUT2D eigenvalue weighted by molar-refractivity contribution is 7.17. The Morgan fingerprint density at radius 1 is 1.26 bits per heavy atom. The Hall–Kier alpha value is -1.36. The molecule has 0 aliphatic heterocycles. The fourth-order valence-corrected chi connectivity index (χ4v) is 4.12. The zero-order chi connectivity index (χ0) is 15.5. The molecule has 1 aliphatic carbocycles. The van der Waals surface area contributed by atoms with E-state index in [9.17, 15) is 4.79 Å². The van der Waals surface area contributed by atoms with Gasteiger partial charge in [-0.2, -0.15) is 0 Å². The number of likely N-dealkylation sites (N-methyl/N-ethyl adjacent to an activating group) is 1. The minimum absolute atomic E-state index is 0. The van der Waals surface area contributed by atoms with Crippen LogP contribution in [0, 0.1) is 0 Å². The number of halogens is 1. The zero-order valence-electron chi connectivity index (χ0n) is 13.5. The van der Waals surface area contributed by atoms with Gasteiger partial charge in [0.05, 0.1) is 4.88 Å². The molecule has 5 heteroatoms. The summed E-state index contributed by atoms with van der Waals surface area (Å²) < 4.78 is 0. The Morgan fingerprint density at radius 2 is 2.00 bits per heavy atom. The third-order valence-electron chi connectivity index (χ3n) is 4.08. The van der Waals surface area contributed by atoms with E-state index in [2.05, 4.69) is 54.8 Å². The van der Waals surface area contributed by atoms with E-state index in [4.69, 9.17) is 0 Å². The summed E-state index contributed by atoms with van der Waals surface area (Å²) in [6, 6.07) is 10.9. The standard InChI is InChI=1S/C18H22N2OS.ClH/c1-3-19-12(2)11-20-18(21)16-10-14-9-8-13-6-4-5-7-15(13)17(14)22-16;/h4-7,10,12,19H,3,8-9,11H2,1-2H3,(H,20,21);1H/t12-;/m1./s1. The smallest absolute Gasteiger partial charge is 0.261 e. The number of hydrogen-bond acceptors (Lipinski definition) is 3. The van der Waals surface area contributed by atoms with E-state index in [1.807, 2.05) is 0 Å². The van der Waals surface area contributed by atoms with E-state index >= 15 is 0 Å². The molecule has 0 bridgehead atoms. The van der Waals surface area contributed by atoms with Crippen LogP contribution in [-0.4, -0.2) is 25.0 Å². The fourth-order valence-electron chi connectivity index (χ4n) is 2.94. The Labute approximate surface area is 147 Å². The van der Waals surface area contributed by atoms with Crippen molar-refractivity contribution < 1.29 is 4.79 Å². The van der Waals surface area contributed by atoms with Gasteiger partial charge in [0.25, 0.3) is 5.91 Å². The van der Waals surface area contributed by atoms with Crippen LogP contribution < -0.4 is 10.6 Å². The van der Waals surface area contributed by atoms with E-state index < -0.39 is 0 Å². The van der Waals surface area contributed by atoms with E-state index in [0.717, 1.165) is 24.3 Å². The second kappa shape index (κ2) is 7.95. The average Bonchev–Trinajstić information content (AvgIpc) is 2.97. The molecule has 3 nitrogen and oxygen atoms in total. The zero-order valence-corrected chi connectivity index (χ0v) is 15.2. The summed E-state index contributed by atoms with van der Waals surface area (Å²) in [5, 5.41) is 6.33. The largest absolute Gasteiger partial charge is 0.350 e. The van der Waals surface area contributed by atoms with Gasteiger partial charge < -0.3 is 10.6 Å². The molecule has 0 saturated heterocycles. The highest BCUT2D eigenvalue weighted by Crippen LogP contribution is 2.39. The Morgan fingerprint density at radius 3 is 2.78 bits per heavy atom. The minimum atomic E-state index is 0. The highest BCUT2D eigenvalue weighted by Gasteiger charge is 2.21. The van der Waals surface area contributed by atoms with Gasteiger partial charge in [0, 0.05) is 17.5 Å². The van der Waals surface area contributed by atoms with Crippen LogP contribution in [0.3, 0.4) is 0 Å². The maximum absolute atomic E-state index is 12.4. The molecule has 1 heterocycles. The van der Waals surface area contributed by atoms with Crippen molar-refractivity contribution >= 4 is 29.7 Å². The molecule has 1 aromatic heterocycles. The highest BCUT2D eigenvalue weighted by atomic mass is 35.5. The SMILES string of the molecule is CCN[C@H](C)CNC(=O)c1cc2c(s1)-c1ccccc1CC2.Cl. The van der Waals surface area contributed by atoms with Crippen molar-refractivity contribution in [1.82, 2.24) is 10.6 Å². The summed E-state index contributed by atoms with van der Waals surface area (Å²) >= 11 is 1.62. The van der Waals surface area contributed by atoms with Gasteiger partial charge in [0.1, 0.15) is 0 Å². The number of hydrogen-bond donors (Lipinski definition) is 2. The summed E-state index contributed by atoms with van der Waals surface area (Å²) in [4.78, 5) is 14.4. The van der Waals surface area contributed by atoms with Crippen molar-refractivity contribution in [3.8, 4) is 10.4 Å². The van der Waals surface area contributed by atoms with Crippen LogP contribution in [0.4, 0.5) is 0 Å². The van der Waals surface area contributed by atoms with E-state index in [1.165, 1.54) is 21.6 Å². The van der Waals surface area contributed by atoms with Crippen LogP contribution in [0.1, 0.15) is 34.6 Å². The van der Waals surface area contributed by atoms with Gasteiger partial charge in [-0.1, -0.05) is 31.2 Å². The molecular weight excluding hydrogens is 328 g/mol. The van der Waals surface area contributed by atoms with Gasteiger partial charge in [-0.05, 0) is 49.1 Å². The Kier molecular flexibility index (Phi) is 6.22. The van der Waals surface area contributed by atoms with Crippen molar-refractivity contribution in [3.05, 3.63) is 46.3 Å². The molecule has 1 aromatic carbocycles. The van der Waals surface area contributed by atoms with E-state index in [0.29, 0.717) is 12.6 Å². The molecule has 0 saturated carbocycles. The maximum Gasteiger partial charge on any atom is 0.261 e. The van der Waals surface area contributed by atoms with Crippen molar-refractivity contribution in [1.29, 1.82) is 0 Å². The molecule has 0 fully saturated rings. The third-order valence-corrected chi connectivity index (χ3v) is 5.29. The second-order valence-corrected chi connectivity index (χ2v) is 6.84. The lowest BCUT2D eigenvalue weighted by Gasteiger charge is -2.15. The van der Waals surface area contributed by atoms with Crippen molar-refractivity contribution in [2.75, 3.05) is 13.1 Å². The molecule has 23 heavy (non-hydrogen) atoms. The number of carbonyl (C=O) groups is 1. The normalized spacial score (nSPS) is 13.5. The minimum Gasteiger partial charge on any atom is -0.350 e. The molecule has 124 valence electrons. The quantitative estimate of drug-likeness (QED) is 0.864. The van der Waals surface area contributed by atoms with Crippen molar-refractivity contribution in [2.45, 2.75) is 32.7 Å². The number of benzene rings is 1. The fraction of sp³-hybridized carbons (Fsp3) is 0.389. The number of fused-ring (bicyclic) bond motifs is 3. The topological polar surface area (TPSA) is 41.1 Å². The summed E-state index contributed by atoms with van der Waals surface area (Å²) in [7, 11) is 0. The van der Waals surface area contributed by atoms with Gasteiger partial charge in [0.2, 0.25) is 0 Å². The number of thiophene rings is 1. The molecule has 2 N–H and O–H groups in total. The van der Waals surface area contributed by atoms with Crippen LogP contribution >= 0.6 is 23.7 Å². The predicted octanol–water partition coefficient (Wildman–Crippen LogP) is 3.66.